The minimum Gasteiger partial charge on any atom is -0.458 e. The fraction of sp³-hybridized carbons (Fsp3) is 0.643. The van der Waals surface area contributed by atoms with E-state index < -0.39 is 47.0 Å². The molecule has 0 aliphatic heterocycles. The van der Waals surface area contributed by atoms with Crippen molar-refractivity contribution in [1.82, 2.24) is 0 Å². The maximum Gasteiger partial charge on any atom is 0.508 e. The summed E-state index contributed by atoms with van der Waals surface area (Å²) in [5.41, 5.74) is 5.02. The molecule has 0 bridgehead atoms. The highest BCUT2D eigenvalue weighted by Gasteiger charge is 2.29. The third kappa shape index (κ3) is 11.5. The zero-order valence-corrected chi connectivity index (χ0v) is 24.0. The average Bonchev–Trinajstić information content (AvgIpc) is 2.78. The van der Waals surface area contributed by atoms with Gasteiger partial charge in [-0.25, -0.2) is 4.79 Å². The van der Waals surface area contributed by atoms with E-state index in [-0.39, 0.29) is 30.6 Å². The molecule has 0 aromatic heterocycles. The summed E-state index contributed by atoms with van der Waals surface area (Å²) in [6.45, 7) is 15.3. The van der Waals surface area contributed by atoms with Crippen LogP contribution in [-0.2, 0) is 35.0 Å². The summed E-state index contributed by atoms with van der Waals surface area (Å²) in [5, 5.41) is 0. The average molecular weight is 538 g/mol. The standard InChI is InChI=1S/C28H43NO9/c1-10-11-17(2)36-26(33)34-16-18(3)35-23(30)20(29)14-19-12-13-21(37-24(31)27(4,5)6)22(15-19)38-25(32)28(7,8)9/h12-13,15,17-18,20H,10-11,14,16,29H2,1-9H3/t17?,18-,20-/m0/s1. The molecule has 38 heavy (non-hydrogen) atoms. The molecule has 0 fully saturated rings. The van der Waals surface area contributed by atoms with Crippen molar-refractivity contribution < 1.29 is 42.9 Å². The van der Waals surface area contributed by atoms with Crippen LogP contribution in [0.1, 0.15) is 80.7 Å². The maximum absolute atomic E-state index is 12.5. The molecular formula is C28H43NO9. The van der Waals surface area contributed by atoms with Crippen molar-refractivity contribution in [3.05, 3.63) is 23.8 Å². The van der Waals surface area contributed by atoms with Gasteiger partial charge in [-0.15, -0.1) is 0 Å². The highest BCUT2D eigenvalue weighted by Crippen LogP contribution is 2.33. The molecule has 0 spiro atoms. The minimum atomic E-state index is -1.05. The van der Waals surface area contributed by atoms with Gasteiger partial charge in [0.1, 0.15) is 24.9 Å². The molecule has 0 amide bonds. The Morgan fingerprint density at radius 1 is 0.842 bits per heavy atom. The Labute approximate surface area is 225 Å². The zero-order valence-electron chi connectivity index (χ0n) is 24.0. The van der Waals surface area contributed by atoms with Crippen molar-refractivity contribution in [3.8, 4) is 11.5 Å². The monoisotopic (exact) mass is 537 g/mol. The molecule has 10 nitrogen and oxygen atoms in total. The summed E-state index contributed by atoms with van der Waals surface area (Å²) < 4.78 is 26.4. The van der Waals surface area contributed by atoms with E-state index in [1.54, 1.807) is 61.5 Å². The van der Waals surface area contributed by atoms with Crippen LogP contribution in [0, 0.1) is 10.8 Å². The van der Waals surface area contributed by atoms with Gasteiger partial charge >= 0.3 is 24.1 Å². The summed E-state index contributed by atoms with van der Waals surface area (Å²) in [5.74, 6) is -1.61. The van der Waals surface area contributed by atoms with Gasteiger partial charge in [-0.1, -0.05) is 19.4 Å². The number of benzene rings is 1. The predicted molar refractivity (Wildman–Crippen MR) is 141 cm³/mol. The van der Waals surface area contributed by atoms with Gasteiger partial charge in [0.15, 0.2) is 11.5 Å². The molecule has 0 radical (unpaired) electrons. The van der Waals surface area contributed by atoms with Crippen molar-refractivity contribution in [2.24, 2.45) is 16.6 Å². The lowest BCUT2D eigenvalue weighted by Gasteiger charge is -2.21. The Morgan fingerprint density at radius 3 is 1.92 bits per heavy atom. The molecule has 214 valence electrons. The van der Waals surface area contributed by atoms with E-state index >= 15 is 0 Å². The Hall–Kier alpha value is -3.14. The number of hydrogen-bond acceptors (Lipinski definition) is 10. The summed E-state index contributed by atoms with van der Waals surface area (Å²) in [4.78, 5) is 49.2. The number of nitrogens with two attached hydrogens (primary N) is 1. The van der Waals surface area contributed by atoms with Gasteiger partial charge in [-0.05, 0) is 85.9 Å². The van der Waals surface area contributed by atoms with E-state index in [9.17, 15) is 19.2 Å². The molecule has 2 N–H and O–H groups in total. The SMILES string of the molecule is CCCC(C)OC(=O)OC[C@H](C)OC(=O)[C@@H](N)Cc1ccc(OC(=O)C(C)(C)C)c(OC(=O)C(C)(C)C)c1. The summed E-state index contributed by atoms with van der Waals surface area (Å²) >= 11 is 0. The summed E-state index contributed by atoms with van der Waals surface area (Å²) in [6, 6.07) is 3.56. The first-order chi connectivity index (χ1) is 17.4. The number of hydrogen-bond donors (Lipinski definition) is 1. The van der Waals surface area contributed by atoms with Crippen LogP contribution in [0.25, 0.3) is 0 Å². The second-order valence-corrected chi connectivity index (χ2v) is 11.4. The molecule has 10 heteroatoms. The maximum atomic E-state index is 12.5. The number of esters is 3. The molecular weight excluding hydrogens is 494 g/mol. The highest BCUT2D eigenvalue weighted by atomic mass is 16.7. The number of carbonyl (C=O) groups is 4. The van der Waals surface area contributed by atoms with Crippen LogP contribution in [0.3, 0.4) is 0 Å². The first-order valence-electron chi connectivity index (χ1n) is 12.8. The van der Waals surface area contributed by atoms with E-state index in [4.69, 9.17) is 29.4 Å². The lowest BCUT2D eigenvalue weighted by Crippen LogP contribution is -2.37. The minimum absolute atomic E-state index is 0.0400. The van der Waals surface area contributed by atoms with Crippen LogP contribution >= 0.6 is 0 Å². The van der Waals surface area contributed by atoms with E-state index in [0.717, 1.165) is 6.42 Å². The second kappa shape index (κ2) is 14.1. The van der Waals surface area contributed by atoms with Gasteiger partial charge in [-0.3, -0.25) is 14.4 Å². The Bertz CT molecular complexity index is 976. The Morgan fingerprint density at radius 2 is 1.39 bits per heavy atom. The number of carbonyl (C=O) groups excluding carboxylic acids is 4. The topological polar surface area (TPSA) is 140 Å². The highest BCUT2D eigenvalue weighted by molar-refractivity contribution is 5.81. The first-order valence-corrected chi connectivity index (χ1v) is 12.8. The zero-order chi connectivity index (χ0) is 29.3. The normalized spacial score (nSPS) is 14.1. The van der Waals surface area contributed by atoms with Crippen LogP contribution in [0.15, 0.2) is 18.2 Å². The van der Waals surface area contributed by atoms with Gasteiger partial charge in [0.05, 0.1) is 10.8 Å². The fourth-order valence-corrected chi connectivity index (χ4v) is 2.86. The van der Waals surface area contributed by atoms with Crippen LogP contribution in [0.2, 0.25) is 0 Å². The third-order valence-electron chi connectivity index (χ3n) is 5.14. The smallest absolute Gasteiger partial charge is 0.458 e. The van der Waals surface area contributed by atoms with Crippen molar-refractivity contribution >= 4 is 24.1 Å². The third-order valence-corrected chi connectivity index (χ3v) is 5.14. The number of rotatable bonds is 11. The molecule has 1 rings (SSSR count). The first kappa shape index (κ1) is 32.9. The van der Waals surface area contributed by atoms with Gasteiger partial charge in [-0.2, -0.15) is 0 Å². The summed E-state index contributed by atoms with van der Waals surface area (Å²) in [6.07, 6.45) is -0.212. The molecule has 0 saturated heterocycles. The van der Waals surface area contributed by atoms with Crippen LogP contribution < -0.4 is 15.2 Å². The fourth-order valence-electron chi connectivity index (χ4n) is 2.86. The van der Waals surface area contributed by atoms with Gasteiger partial charge in [0, 0.05) is 0 Å². The van der Waals surface area contributed by atoms with Crippen LogP contribution in [0.5, 0.6) is 11.5 Å². The Kier molecular flexibility index (Phi) is 12.2. The number of ether oxygens (including phenoxy) is 5. The van der Waals surface area contributed by atoms with Crippen molar-refractivity contribution in [2.45, 2.75) is 99.8 Å². The molecule has 0 aliphatic carbocycles. The molecule has 1 unspecified atom stereocenters. The van der Waals surface area contributed by atoms with Crippen molar-refractivity contribution in [1.29, 1.82) is 0 Å². The molecule has 3 atom stereocenters. The second-order valence-electron chi connectivity index (χ2n) is 11.4. The van der Waals surface area contributed by atoms with Crippen molar-refractivity contribution in [2.75, 3.05) is 6.61 Å². The van der Waals surface area contributed by atoms with E-state index in [1.165, 1.54) is 12.1 Å². The molecule has 1 aromatic rings. The van der Waals surface area contributed by atoms with Crippen molar-refractivity contribution in [3.63, 3.8) is 0 Å². The van der Waals surface area contributed by atoms with E-state index in [0.29, 0.717) is 12.0 Å². The lowest BCUT2D eigenvalue weighted by atomic mass is 9.97. The van der Waals surface area contributed by atoms with Gasteiger partial charge in [0.25, 0.3) is 0 Å². The van der Waals surface area contributed by atoms with Gasteiger partial charge in [0.2, 0.25) is 0 Å². The van der Waals surface area contributed by atoms with E-state index in [2.05, 4.69) is 0 Å². The van der Waals surface area contributed by atoms with E-state index in [1.807, 2.05) is 6.92 Å². The quantitative estimate of drug-likeness (QED) is 0.311. The summed E-state index contributed by atoms with van der Waals surface area (Å²) in [7, 11) is 0. The predicted octanol–water partition coefficient (Wildman–Crippen LogP) is 4.73. The molecule has 1 aromatic carbocycles. The van der Waals surface area contributed by atoms with Crippen LogP contribution in [0.4, 0.5) is 4.79 Å². The lowest BCUT2D eigenvalue weighted by molar-refractivity contribution is -0.152. The Balaban J connectivity index is 2.87. The van der Waals surface area contributed by atoms with Gasteiger partial charge < -0.3 is 29.4 Å². The van der Waals surface area contributed by atoms with Crippen LogP contribution in [-0.4, -0.2) is 48.9 Å². The molecule has 0 aliphatic rings. The molecule has 0 heterocycles. The largest absolute Gasteiger partial charge is 0.508 e. The molecule has 0 saturated carbocycles.